The smallest absolute Gasteiger partial charge is 0.267 e. The fourth-order valence-corrected chi connectivity index (χ4v) is 2.05. The molecule has 0 unspecified atom stereocenters. The number of hydrogen-bond acceptors (Lipinski definition) is 1. The minimum atomic E-state index is -0.0374. The zero-order chi connectivity index (χ0) is 13.8. The van der Waals surface area contributed by atoms with Crippen LogP contribution >= 0.6 is 11.6 Å². The van der Waals surface area contributed by atoms with E-state index < -0.39 is 0 Å². The second kappa shape index (κ2) is 5.93. The first-order valence-corrected chi connectivity index (χ1v) is 6.70. The molecule has 19 heavy (non-hydrogen) atoms. The summed E-state index contributed by atoms with van der Waals surface area (Å²) in [6.45, 7) is 2.73. The van der Waals surface area contributed by atoms with E-state index in [1.165, 1.54) is 0 Å². The van der Waals surface area contributed by atoms with Gasteiger partial charge in [0, 0.05) is 30.4 Å². The Morgan fingerprint density at radius 2 is 1.95 bits per heavy atom. The van der Waals surface area contributed by atoms with E-state index in [0.29, 0.717) is 17.3 Å². The van der Waals surface area contributed by atoms with Crippen molar-refractivity contribution < 1.29 is 4.79 Å². The summed E-state index contributed by atoms with van der Waals surface area (Å²) >= 11 is 5.87. The lowest BCUT2D eigenvalue weighted by molar-refractivity contribution is 0.0945. The molecule has 0 aliphatic carbocycles. The number of benzene rings is 1. The normalized spacial score (nSPS) is 10.5. The van der Waals surface area contributed by atoms with Crippen LogP contribution in [0.5, 0.6) is 0 Å². The maximum atomic E-state index is 12.0. The molecular weight excluding hydrogens is 260 g/mol. The SMILES string of the molecule is CCCNC(=O)c1cc(-c2ccc(Cl)cc2)cn1C. The number of nitrogens with zero attached hydrogens (tertiary/aromatic N) is 1. The first-order valence-electron chi connectivity index (χ1n) is 6.32. The molecule has 0 aliphatic heterocycles. The summed E-state index contributed by atoms with van der Waals surface area (Å²) in [6, 6.07) is 9.49. The molecule has 0 bridgehead atoms. The fourth-order valence-electron chi connectivity index (χ4n) is 1.92. The average Bonchev–Trinajstić information content (AvgIpc) is 2.79. The molecule has 0 saturated heterocycles. The molecule has 2 aromatic rings. The third kappa shape index (κ3) is 3.18. The van der Waals surface area contributed by atoms with E-state index >= 15 is 0 Å². The first kappa shape index (κ1) is 13.7. The van der Waals surface area contributed by atoms with Crippen LogP contribution in [0.2, 0.25) is 5.02 Å². The van der Waals surface area contributed by atoms with Gasteiger partial charge in [-0.1, -0.05) is 30.7 Å². The largest absolute Gasteiger partial charge is 0.351 e. The number of amides is 1. The van der Waals surface area contributed by atoms with Gasteiger partial charge in [-0.2, -0.15) is 0 Å². The summed E-state index contributed by atoms with van der Waals surface area (Å²) in [6.07, 6.45) is 2.88. The second-order valence-corrected chi connectivity index (χ2v) is 4.92. The van der Waals surface area contributed by atoms with Crippen molar-refractivity contribution in [3.63, 3.8) is 0 Å². The van der Waals surface area contributed by atoms with Gasteiger partial charge in [-0.3, -0.25) is 4.79 Å². The van der Waals surface area contributed by atoms with E-state index in [-0.39, 0.29) is 5.91 Å². The van der Waals surface area contributed by atoms with Gasteiger partial charge in [0.1, 0.15) is 5.69 Å². The average molecular weight is 277 g/mol. The van der Waals surface area contributed by atoms with Gasteiger partial charge in [0.25, 0.3) is 5.91 Å². The molecule has 0 atom stereocenters. The van der Waals surface area contributed by atoms with E-state index in [1.54, 1.807) is 0 Å². The highest BCUT2D eigenvalue weighted by molar-refractivity contribution is 6.30. The summed E-state index contributed by atoms with van der Waals surface area (Å²) in [5.74, 6) is -0.0374. The van der Waals surface area contributed by atoms with Gasteiger partial charge in [-0.25, -0.2) is 0 Å². The number of halogens is 1. The second-order valence-electron chi connectivity index (χ2n) is 4.49. The lowest BCUT2D eigenvalue weighted by atomic mass is 10.1. The van der Waals surface area contributed by atoms with E-state index in [1.807, 2.05) is 55.1 Å². The standard InChI is InChI=1S/C15H17ClN2O/c1-3-8-17-15(19)14-9-12(10-18(14)2)11-4-6-13(16)7-5-11/h4-7,9-10H,3,8H2,1-2H3,(H,17,19). The molecule has 1 heterocycles. The minimum Gasteiger partial charge on any atom is -0.351 e. The van der Waals surface area contributed by atoms with Crippen molar-refractivity contribution in [1.82, 2.24) is 9.88 Å². The van der Waals surface area contributed by atoms with Crippen LogP contribution in [0.3, 0.4) is 0 Å². The van der Waals surface area contributed by atoms with Crippen LogP contribution < -0.4 is 5.32 Å². The van der Waals surface area contributed by atoms with Gasteiger partial charge in [0.2, 0.25) is 0 Å². The molecular formula is C15H17ClN2O. The molecule has 1 amide bonds. The Kier molecular flexibility index (Phi) is 4.27. The predicted molar refractivity (Wildman–Crippen MR) is 78.5 cm³/mol. The van der Waals surface area contributed by atoms with Crippen molar-refractivity contribution in [2.75, 3.05) is 6.54 Å². The molecule has 1 N–H and O–H groups in total. The Morgan fingerprint density at radius 3 is 2.58 bits per heavy atom. The van der Waals surface area contributed by atoms with E-state index in [9.17, 15) is 4.79 Å². The molecule has 0 spiro atoms. The van der Waals surface area contributed by atoms with E-state index in [2.05, 4.69) is 5.32 Å². The van der Waals surface area contributed by atoms with Gasteiger partial charge in [-0.05, 0) is 30.2 Å². The van der Waals surface area contributed by atoms with Gasteiger partial charge in [-0.15, -0.1) is 0 Å². The van der Waals surface area contributed by atoms with Crippen LogP contribution in [0.4, 0.5) is 0 Å². The Labute approximate surface area is 118 Å². The van der Waals surface area contributed by atoms with Crippen molar-refractivity contribution in [2.24, 2.45) is 7.05 Å². The van der Waals surface area contributed by atoms with Gasteiger partial charge in [0.05, 0.1) is 0 Å². The van der Waals surface area contributed by atoms with Crippen LogP contribution in [0.15, 0.2) is 36.5 Å². The fraction of sp³-hybridized carbons (Fsp3) is 0.267. The number of aryl methyl sites for hydroxylation is 1. The maximum Gasteiger partial charge on any atom is 0.267 e. The lowest BCUT2D eigenvalue weighted by Crippen LogP contribution is -2.25. The molecule has 3 nitrogen and oxygen atoms in total. The van der Waals surface area contributed by atoms with Crippen LogP contribution in [0.25, 0.3) is 11.1 Å². The first-order chi connectivity index (χ1) is 9.11. The summed E-state index contributed by atoms with van der Waals surface area (Å²) in [7, 11) is 1.88. The summed E-state index contributed by atoms with van der Waals surface area (Å²) in [4.78, 5) is 12.0. The molecule has 0 aliphatic rings. The molecule has 0 radical (unpaired) electrons. The summed E-state index contributed by atoms with van der Waals surface area (Å²) < 4.78 is 1.84. The quantitative estimate of drug-likeness (QED) is 0.911. The number of rotatable bonds is 4. The number of nitrogens with one attached hydrogen (secondary N) is 1. The molecule has 0 fully saturated rings. The zero-order valence-electron chi connectivity index (χ0n) is 11.1. The molecule has 1 aromatic carbocycles. The predicted octanol–water partition coefficient (Wildman–Crippen LogP) is 3.49. The third-order valence-electron chi connectivity index (χ3n) is 2.95. The van der Waals surface area contributed by atoms with Crippen molar-refractivity contribution >= 4 is 17.5 Å². The van der Waals surface area contributed by atoms with Gasteiger partial charge in [0.15, 0.2) is 0 Å². The van der Waals surface area contributed by atoms with Crippen molar-refractivity contribution in [1.29, 1.82) is 0 Å². The molecule has 1 aromatic heterocycles. The Morgan fingerprint density at radius 1 is 1.26 bits per heavy atom. The van der Waals surface area contributed by atoms with E-state index in [0.717, 1.165) is 17.5 Å². The highest BCUT2D eigenvalue weighted by Gasteiger charge is 2.11. The third-order valence-corrected chi connectivity index (χ3v) is 3.20. The van der Waals surface area contributed by atoms with Crippen LogP contribution in [0.1, 0.15) is 23.8 Å². The Hall–Kier alpha value is -1.74. The van der Waals surface area contributed by atoms with Crippen LogP contribution in [0, 0.1) is 0 Å². The number of carbonyl (C=O) groups excluding carboxylic acids is 1. The maximum absolute atomic E-state index is 12.0. The molecule has 4 heteroatoms. The zero-order valence-corrected chi connectivity index (χ0v) is 11.9. The van der Waals surface area contributed by atoms with Crippen molar-refractivity contribution in [3.8, 4) is 11.1 Å². The minimum absolute atomic E-state index is 0.0374. The lowest BCUT2D eigenvalue weighted by Gasteiger charge is -2.03. The topological polar surface area (TPSA) is 34.0 Å². The van der Waals surface area contributed by atoms with Gasteiger partial charge >= 0.3 is 0 Å². The van der Waals surface area contributed by atoms with Crippen LogP contribution in [-0.2, 0) is 7.05 Å². The highest BCUT2D eigenvalue weighted by atomic mass is 35.5. The number of carbonyl (C=O) groups is 1. The van der Waals surface area contributed by atoms with Gasteiger partial charge < -0.3 is 9.88 Å². The molecule has 2 rings (SSSR count). The summed E-state index contributed by atoms with van der Waals surface area (Å²) in [5, 5.41) is 3.59. The number of aromatic nitrogens is 1. The van der Waals surface area contributed by atoms with E-state index in [4.69, 9.17) is 11.6 Å². The summed E-state index contributed by atoms with van der Waals surface area (Å²) in [5.41, 5.74) is 2.73. The van der Waals surface area contributed by atoms with Crippen molar-refractivity contribution in [3.05, 3.63) is 47.2 Å². The molecule has 0 saturated carbocycles. The monoisotopic (exact) mass is 276 g/mol. The molecule has 100 valence electrons. The highest BCUT2D eigenvalue weighted by Crippen LogP contribution is 2.23. The Balaban J connectivity index is 2.25. The Bertz CT molecular complexity index is 572. The van der Waals surface area contributed by atoms with Crippen LogP contribution in [-0.4, -0.2) is 17.0 Å². The number of hydrogen-bond donors (Lipinski definition) is 1. The van der Waals surface area contributed by atoms with Crippen molar-refractivity contribution in [2.45, 2.75) is 13.3 Å².